The second-order valence-corrected chi connectivity index (χ2v) is 5.45. The van der Waals surface area contributed by atoms with Crippen LogP contribution in [0, 0.1) is 11.3 Å². The Bertz CT molecular complexity index is 708. The molecule has 1 N–H and O–H groups in total. The summed E-state index contributed by atoms with van der Waals surface area (Å²) in [6.07, 6.45) is 0. The molecule has 0 saturated heterocycles. The number of rotatable bonds is 2. The number of carbonyl (C=O) groups is 1. The summed E-state index contributed by atoms with van der Waals surface area (Å²) in [6, 6.07) is 9.75. The molecule has 0 aliphatic heterocycles. The van der Waals surface area contributed by atoms with Crippen LogP contribution in [0.4, 0.5) is 5.69 Å². The molecule has 0 fully saturated rings. The number of nitriles is 1. The molecule has 0 aliphatic carbocycles. The fourth-order valence-electron chi connectivity index (χ4n) is 1.51. The first-order chi connectivity index (χ1) is 9.49. The van der Waals surface area contributed by atoms with Crippen molar-refractivity contribution in [3.05, 3.63) is 56.2 Å². The Balaban J connectivity index is 2.32. The van der Waals surface area contributed by atoms with Crippen LogP contribution in [0.15, 0.2) is 34.8 Å². The third-order valence-electron chi connectivity index (χ3n) is 2.38. The lowest BCUT2D eigenvalue weighted by Gasteiger charge is -2.08. The lowest BCUT2D eigenvalue weighted by Crippen LogP contribution is -2.13. The summed E-state index contributed by atoms with van der Waals surface area (Å²) in [5, 5.41) is 11.9. The minimum atomic E-state index is -0.425. The number of anilines is 1. The summed E-state index contributed by atoms with van der Waals surface area (Å²) in [7, 11) is 0. The van der Waals surface area contributed by atoms with Gasteiger partial charge in [0.1, 0.15) is 16.4 Å². The molecule has 1 heterocycles. The quantitative estimate of drug-likeness (QED) is 0.802. The first-order valence-electron chi connectivity index (χ1n) is 5.33. The number of pyridine rings is 1. The Hall–Kier alpha value is -1.61. The maximum atomic E-state index is 12.1. The minimum absolute atomic E-state index is 0.123. The molecule has 100 valence electrons. The summed E-state index contributed by atoms with van der Waals surface area (Å²) in [5.41, 5.74) is 1.02. The van der Waals surface area contributed by atoms with E-state index in [1.54, 1.807) is 18.2 Å². The normalized spacial score (nSPS) is 9.90. The van der Waals surface area contributed by atoms with Gasteiger partial charge in [-0.05, 0) is 30.3 Å². The van der Waals surface area contributed by atoms with Gasteiger partial charge in [-0.2, -0.15) is 5.26 Å². The average Bonchev–Trinajstić information content (AvgIpc) is 2.37. The van der Waals surface area contributed by atoms with E-state index in [0.717, 1.165) is 4.47 Å². The smallest absolute Gasteiger partial charge is 0.255 e. The molecule has 2 rings (SSSR count). The number of hydrogen-bond acceptors (Lipinski definition) is 3. The monoisotopic (exact) mass is 369 g/mol. The zero-order valence-electron chi connectivity index (χ0n) is 9.82. The number of hydrogen-bond donors (Lipinski definition) is 1. The maximum Gasteiger partial charge on any atom is 0.255 e. The van der Waals surface area contributed by atoms with Crippen LogP contribution in [0.3, 0.4) is 0 Å². The van der Waals surface area contributed by atoms with Crippen LogP contribution in [0.1, 0.15) is 15.9 Å². The van der Waals surface area contributed by atoms with Gasteiger partial charge in [0.25, 0.3) is 5.91 Å². The molecular weight excluding hydrogens is 365 g/mol. The van der Waals surface area contributed by atoms with Crippen LogP contribution in [-0.2, 0) is 0 Å². The van der Waals surface area contributed by atoms with E-state index in [-0.39, 0.29) is 15.9 Å². The van der Waals surface area contributed by atoms with Gasteiger partial charge in [0.2, 0.25) is 0 Å². The molecule has 20 heavy (non-hydrogen) atoms. The van der Waals surface area contributed by atoms with Crippen molar-refractivity contribution < 1.29 is 4.79 Å². The summed E-state index contributed by atoms with van der Waals surface area (Å²) < 4.78 is 0.748. The molecule has 0 radical (unpaired) electrons. The van der Waals surface area contributed by atoms with Crippen LogP contribution in [0.5, 0.6) is 0 Å². The second-order valence-electron chi connectivity index (χ2n) is 3.76. The summed E-state index contributed by atoms with van der Waals surface area (Å²) in [4.78, 5) is 15.9. The van der Waals surface area contributed by atoms with Crippen molar-refractivity contribution >= 4 is 50.7 Å². The molecule has 4 nitrogen and oxygen atoms in total. The van der Waals surface area contributed by atoms with E-state index in [4.69, 9.17) is 28.5 Å². The molecule has 0 unspecified atom stereocenters. The molecule has 0 saturated carbocycles. The maximum absolute atomic E-state index is 12.1. The largest absolute Gasteiger partial charge is 0.321 e. The molecule has 0 aliphatic rings. The Morgan fingerprint density at radius 3 is 2.50 bits per heavy atom. The van der Waals surface area contributed by atoms with Crippen molar-refractivity contribution in [2.45, 2.75) is 0 Å². The van der Waals surface area contributed by atoms with Gasteiger partial charge < -0.3 is 5.32 Å². The predicted molar refractivity (Wildman–Crippen MR) is 81.1 cm³/mol. The summed E-state index contributed by atoms with van der Waals surface area (Å²) >= 11 is 14.8. The topological polar surface area (TPSA) is 65.8 Å². The van der Waals surface area contributed by atoms with Crippen molar-refractivity contribution in [1.29, 1.82) is 5.26 Å². The van der Waals surface area contributed by atoms with Crippen LogP contribution in [0.2, 0.25) is 10.3 Å². The second kappa shape index (κ2) is 6.23. The van der Waals surface area contributed by atoms with Crippen LogP contribution < -0.4 is 5.32 Å². The van der Waals surface area contributed by atoms with Gasteiger partial charge in [0.15, 0.2) is 0 Å². The SMILES string of the molecule is N#Cc1ccc(Br)cc1NC(=O)c1cc(Cl)nc(Cl)c1. The van der Waals surface area contributed by atoms with Gasteiger partial charge in [-0.25, -0.2) is 4.98 Å². The zero-order valence-corrected chi connectivity index (χ0v) is 12.9. The molecule has 0 bridgehead atoms. The van der Waals surface area contributed by atoms with Gasteiger partial charge in [0.05, 0.1) is 11.3 Å². The van der Waals surface area contributed by atoms with E-state index >= 15 is 0 Å². The Labute approximate surface area is 133 Å². The highest BCUT2D eigenvalue weighted by atomic mass is 79.9. The van der Waals surface area contributed by atoms with E-state index in [9.17, 15) is 4.79 Å². The first kappa shape index (κ1) is 14.8. The van der Waals surface area contributed by atoms with Crippen molar-refractivity contribution in [2.75, 3.05) is 5.32 Å². The standard InChI is InChI=1S/C13H6BrCl2N3O/c14-9-2-1-7(6-17)10(5-9)18-13(20)8-3-11(15)19-12(16)4-8/h1-5H,(H,18,20). The van der Waals surface area contributed by atoms with Gasteiger partial charge in [-0.3, -0.25) is 4.79 Å². The van der Waals surface area contributed by atoms with Crippen LogP contribution in [-0.4, -0.2) is 10.9 Å². The number of carbonyl (C=O) groups excluding carboxylic acids is 1. The summed E-state index contributed by atoms with van der Waals surface area (Å²) in [6.45, 7) is 0. The Morgan fingerprint density at radius 2 is 1.90 bits per heavy atom. The number of halogens is 3. The molecule has 1 aromatic heterocycles. The Morgan fingerprint density at radius 1 is 1.25 bits per heavy atom. The predicted octanol–water partition coefficient (Wildman–Crippen LogP) is 4.27. The van der Waals surface area contributed by atoms with Gasteiger partial charge in [-0.15, -0.1) is 0 Å². The van der Waals surface area contributed by atoms with Gasteiger partial charge in [-0.1, -0.05) is 39.1 Å². The minimum Gasteiger partial charge on any atom is -0.321 e. The fraction of sp³-hybridized carbons (Fsp3) is 0. The molecular formula is C13H6BrCl2N3O. The van der Waals surface area contributed by atoms with Crippen molar-refractivity contribution in [2.24, 2.45) is 0 Å². The molecule has 2 aromatic rings. The van der Waals surface area contributed by atoms with E-state index in [0.29, 0.717) is 11.3 Å². The van der Waals surface area contributed by atoms with E-state index in [1.807, 2.05) is 6.07 Å². The fourth-order valence-corrected chi connectivity index (χ4v) is 2.33. The molecule has 0 atom stereocenters. The number of nitrogens with one attached hydrogen (secondary N) is 1. The molecule has 1 aromatic carbocycles. The zero-order chi connectivity index (χ0) is 14.7. The molecule has 1 amide bonds. The third-order valence-corrected chi connectivity index (χ3v) is 3.26. The molecule has 0 spiro atoms. The van der Waals surface area contributed by atoms with E-state index in [2.05, 4.69) is 26.2 Å². The third kappa shape index (κ3) is 3.48. The van der Waals surface area contributed by atoms with Gasteiger partial charge in [0, 0.05) is 10.0 Å². The average molecular weight is 371 g/mol. The van der Waals surface area contributed by atoms with Crippen LogP contribution in [0.25, 0.3) is 0 Å². The first-order valence-corrected chi connectivity index (χ1v) is 6.88. The van der Waals surface area contributed by atoms with E-state index < -0.39 is 5.91 Å². The van der Waals surface area contributed by atoms with E-state index in [1.165, 1.54) is 12.1 Å². The van der Waals surface area contributed by atoms with Crippen LogP contribution >= 0.6 is 39.1 Å². The lowest BCUT2D eigenvalue weighted by atomic mass is 10.2. The molecule has 7 heteroatoms. The number of benzene rings is 1. The van der Waals surface area contributed by atoms with Gasteiger partial charge >= 0.3 is 0 Å². The van der Waals surface area contributed by atoms with Crippen molar-refractivity contribution in [3.63, 3.8) is 0 Å². The lowest BCUT2D eigenvalue weighted by molar-refractivity contribution is 0.102. The highest BCUT2D eigenvalue weighted by Crippen LogP contribution is 2.22. The van der Waals surface area contributed by atoms with Crippen molar-refractivity contribution in [3.8, 4) is 6.07 Å². The Kier molecular flexibility index (Phi) is 4.61. The van der Waals surface area contributed by atoms with Crippen molar-refractivity contribution in [1.82, 2.24) is 4.98 Å². The number of nitrogens with zero attached hydrogens (tertiary/aromatic N) is 2. The number of amides is 1. The number of aromatic nitrogens is 1. The summed E-state index contributed by atoms with van der Waals surface area (Å²) in [5.74, 6) is -0.425. The highest BCUT2D eigenvalue weighted by molar-refractivity contribution is 9.10. The highest BCUT2D eigenvalue weighted by Gasteiger charge is 2.11.